The molecular weight excluding hydrogens is 255 g/mol. The lowest BCUT2D eigenvalue weighted by atomic mass is 9.95. The van der Waals surface area contributed by atoms with Gasteiger partial charge in [-0.3, -0.25) is 4.79 Å². The number of hydrogen-bond acceptors (Lipinski definition) is 2. The lowest BCUT2D eigenvalue weighted by Gasteiger charge is -2.09. The Bertz CT molecular complexity index is 681. The quantitative estimate of drug-likeness (QED) is 0.778. The van der Waals surface area contributed by atoms with Crippen LogP contribution in [0.2, 0.25) is 0 Å². The van der Waals surface area contributed by atoms with Gasteiger partial charge in [-0.05, 0) is 48.2 Å². The normalized spacial score (nSPS) is 13.3. The summed E-state index contributed by atoms with van der Waals surface area (Å²) < 4.78 is 19.4. The number of carbonyl (C=O) groups is 1. The largest absolute Gasteiger partial charge is 0.372 e. The van der Waals surface area contributed by atoms with Gasteiger partial charge in [0.15, 0.2) is 5.78 Å². The SMILES string of the molecule is Cc1cc(C)c(C(=O)c2ccc3c(c2)COC3)c(F)c1. The molecule has 3 heteroatoms. The Labute approximate surface area is 117 Å². The smallest absolute Gasteiger partial charge is 0.196 e. The van der Waals surface area contributed by atoms with Crippen LogP contribution in [0.4, 0.5) is 4.39 Å². The van der Waals surface area contributed by atoms with Crippen molar-refractivity contribution in [2.24, 2.45) is 0 Å². The topological polar surface area (TPSA) is 26.3 Å². The zero-order valence-electron chi connectivity index (χ0n) is 11.5. The molecule has 3 rings (SSSR count). The van der Waals surface area contributed by atoms with Gasteiger partial charge in [-0.25, -0.2) is 4.39 Å². The van der Waals surface area contributed by atoms with Crippen LogP contribution in [0.25, 0.3) is 0 Å². The summed E-state index contributed by atoms with van der Waals surface area (Å²) >= 11 is 0. The van der Waals surface area contributed by atoms with E-state index in [4.69, 9.17) is 4.74 Å². The molecule has 2 aromatic rings. The van der Waals surface area contributed by atoms with Crippen LogP contribution in [-0.2, 0) is 18.0 Å². The number of ketones is 1. The minimum Gasteiger partial charge on any atom is -0.372 e. The molecule has 0 radical (unpaired) electrons. The first-order chi connectivity index (χ1) is 9.56. The van der Waals surface area contributed by atoms with Crippen LogP contribution in [0.3, 0.4) is 0 Å². The predicted octanol–water partition coefficient (Wildman–Crippen LogP) is 3.70. The first kappa shape index (κ1) is 13.0. The molecule has 20 heavy (non-hydrogen) atoms. The van der Waals surface area contributed by atoms with Crippen LogP contribution in [0.5, 0.6) is 0 Å². The fourth-order valence-electron chi connectivity index (χ4n) is 2.66. The standard InChI is InChI=1S/C17H15FO2/c1-10-5-11(2)16(15(18)6-10)17(19)12-3-4-13-8-20-9-14(13)7-12/h3-7H,8-9H2,1-2H3. The van der Waals surface area contributed by atoms with E-state index in [-0.39, 0.29) is 11.3 Å². The Morgan fingerprint density at radius 3 is 2.60 bits per heavy atom. The number of aryl methyl sites for hydroxylation is 2. The molecule has 0 saturated heterocycles. The van der Waals surface area contributed by atoms with E-state index in [1.165, 1.54) is 6.07 Å². The number of ether oxygens (including phenoxy) is 1. The summed E-state index contributed by atoms with van der Waals surface area (Å²) in [6, 6.07) is 8.67. The van der Waals surface area contributed by atoms with Crippen LogP contribution in [0.1, 0.15) is 38.2 Å². The van der Waals surface area contributed by atoms with Crippen molar-refractivity contribution in [2.75, 3.05) is 0 Å². The number of rotatable bonds is 2. The molecule has 1 aliphatic heterocycles. The maximum Gasteiger partial charge on any atom is 0.196 e. The summed E-state index contributed by atoms with van der Waals surface area (Å²) in [6.07, 6.45) is 0. The van der Waals surface area contributed by atoms with Crippen LogP contribution in [0, 0.1) is 19.7 Å². The van der Waals surface area contributed by atoms with Crippen LogP contribution in [0.15, 0.2) is 30.3 Å². The van der Waals surface area contributed by atoms with Gasteiger partial charge in [-0.2, -0.15) is 0 Å². The highest BCUT2D eigenvalue weighted by Crippen LogP contribution is 2.24. The third kappa shape index (κ3) is 2.14. The lowest BCUT2D eigenvalue weighted by molar-refractivity contribution is 0.103. The van der Waals surface area contributed by atoms with Gasteiger partial charge in [0.2, 0.25) is 0 Å². The Morgan fingerprint density at radius 2 is 1.85 bits per heavy atom. The van der Waals surface area contributed by atoms with Gasteiger partial charge >= 0.3 is 0 Å². The molecule has 2 nitrogen and oxygen atoms in total. The molecule has 102 valence electrons. The lowest BCUT2D eigenvalue weighted by Crippen LogP contribution is -2.08. The summed E-state index contributed by atoms with van der Waals surface area (Å²) in [7, 11) is 0. The molecule has 0 saturated carbocycles. The maximum absolute atomic E-state index is 14.1. The minimum atomic E-state index is -0.454. The highest BCUT2D eigenvalue weighted by atomic mass is 19.1. The van der Waals surface area contributed by atoms with E-state index in [0.717, 1.165) is 16.7 Å². The summed E-state index contributed by atoms with van der Waals surface area (Å²) in [5, 5.41) is 0. The van der Waals surface area contributed by atoms with Gasteiger partial charge in [-0.1, -0.05) is 18.2 Å². The maximum atomic E-state index is 14.1. The number of carbonyl (C=O) groups excluding carboxylic acids is 1. The molecule has 1 aliphatic rings. The van der Waals surface area contributed by atoms with Gasteiger partial charge in [-0.15, -0.1) is 0 Å². The fourth-order valence-corrected chi connectivity index (χ4v) is 2.66. The van der Waals surface area contributed by atoms with E-state index in [1.807, 2.05) is 25.1 Å². The van der Waals surface area contributed by atoms with Crippen molar-refractivity contribution in [3.05, 3.63) is 69.5 Å². The van der Waals surface area contributed by atoms with Crippen molar-refractivity contribution in [1.29, 1.82) is 0 Å². The molecule has 0 atom stereocenters. The molecule has 1 heterocycles. The molecular formula is C17H15FO2. The van der Waals surface area contributed by atoms with Crippen molar-refractivity contribution in [3.8, 4) is 0 Å². The van der Waals surface area contributed by atoms with Crippen LogP contribution >= 0.6 is 0 Å². The molecule has 0 unspecified atom stereocenters. The van der Waals surface area contributed by atoms with E-state index >= 15 is 0 Å². The second-order valence-electron chi connectivity index (χ2n) is 5.24. The van der Waals surface area contributed by atoms with E-state index < -0.39 is 5.82 Å². The molecule has 0 spiro atoms. The van der Waals surface area contributed by atoms with Gasteiger partial charge in [0.1, 0.15) is 5.82 Å². The van der Waals surface area contributed by atoms with Crippen LogP contribution < -0.4 is 0 Å². The Balaban J connectivity index is 2.05. The monoisotopic (exact) mass is 270 g/mol. The van der Waals surface area contributed by atoms with Gasteiger partial charge in [0.05, 0.1) is 18.8 Å². The predicted molar refractivity (Wildman–Crippen MR) is 74.2 cm³/mol. The number of halogens is 1. The Hall–Kier alpha value is -2.00. The van der Waals surface area contributed by atoms with Crippen molar-refractivity contribution in [1.82, 2.24) is 0 Å². The van der Waals surface area contributed by atoms with E-state index in [0.29, 0.717) is 24.3 Å². The molecule has 0 fully saturated rings. The zero-order valence-corrected chi connectivity index (χ0v) is 11.5. The van der Waals surface area contributed by atoms with Crippen molar-refractivity contribution < 1.29 is 13.9 Å². The second kappa shape index (κ2) is 4.84. The number of hydrogen-bond donors (Lipinski definition) is 0. The van der Waals surface area contributed by atoms with Gasteiger partial charge in [0, 0.05) is 5.56 Å². The average molecular weight is 270 g/mol. The van der Waals surface area contributed by atoms with Crippen LogP contribution in [-0.4, -0.2) is 5.78 Å². The Morgan fingerprint density at radius 1 is 1.10 bits per heavy atom. The average Bonchev–Trinajstić information content (AvgIpc) is 2.84. The zero-order chi connectivity index (χ0) is 14.3. The van der Waals surface area contributed by atoms with E-state index in [9.17, 15) is 9.18 Å². The Kier molecular flexibility index (Phi) is 3.14. The number of fused-ring (bicyclic) bond motifs is 1. The molecule has 2 aromatic carbocycles. The first-order valence-electron chi connectivity index (χ1n) is 6.57. The summed E-state index contributed by atoms with van der Waals surface area (Å²) in [4.78, 5) is 12.5. The van der Waals surface area contributed by atoms with Gasteiger partial charge in [0.25, 0.3) is 0 Å². The van der Waals surface area contributed by atoms with Gasteiger partial charge < -0.3 is 4.74 Å². The fraction of sp³-hybridized carbons (Fsp3) is 0.235. The first-order valence-corrected chi connectivity index (χ1v) is 6.57. The van der Waals surface area contributed by atoms with E-state index in [1.54, 1.807) is 13.0 Å². The van der Waals surface area contributed by atoms with Crippen molar-refractivity contribution >= 4 is 5.78 Å². The molecule has 0 aromatic heterocycles. The van der Waals surface area contributed by atoms with Crippen molar-refractivity contribution in [2.45, 2.75) is 27.1 Å². The second-order valence-corrected chi connectivity index (χ2v) is 5.24. The highest BCUT2D eigenvalue weighted by molar-refractivity contribution is 6.10. The van der Waals surface area contributed by atoms with Crippen molar-refractivity contribution in [3.63, 3.8) is 0 Å². The number of benzene rings is 2. The molecule has 0 aliphatic carbocycles. The molecule has 0 amide bonds. The molecule has 0 bridgehead atoms. The summed E-state index contributed by atoms with van der Waals surface area (Å²) in [5.41, 5.74) is 4.28. The minimum absolute atomic E-state index is 0.162. The third-order valence-electron chi connectivity index (χ3n) is 3.64. The summed E-state index contributed by atoms with van der Waals surface area (Å²) in [6.45, 7) is 4.68. The van der Waals surface area contributed by atoms with E-state index in [2.05, 4.69) is 0 Å². The third-order valence-corrected chi connectivity index (χ3v) is 3.64. The highest BCUT2D eigenvalue weighted by Gasteiger charge is 2.19. The summed E-state index contributed by atoms with van der Waals surface area (Å²) in [5.74, 6) is -0.723. The molecule has 0 N–H and O–H groups in total.